The summed E-state index contributed by atoms with van der Waals surface area (Å²) in [6.07, 6.45) is 9.23. The quantitative estimate of drug-likeness (QED) is 0.347. The molecule has 0 aromatic heterocycles. The number of rotatable bonds is 8. The third kappa shape index (κ3) is 5.32. The van der Waals surface area contributed by atoms with E-state index in [4.69, 9.17) is 23.2 Å². The van der Waals surface area contributed by atoms with Crippen LogP contribution in [0.15, 0.2) is 42.7 Å². The van der Waals surface area contributed by atoms with Crippen LogP contribution in [0.3, 0.4) is 0 Å². The largest absolute Gasteiger partial charge is 0.0885 e. The van der Waals surface area contributed by atoms with E-state index in [0.717, 1.165) is 35.7 Å². The fraction of sp³-hybridized carbons (Fsp3) is 0.600. The monoisotopic (exact) mass is 458 g/mol. The van der Waals surface area contributed by atoms with Crippen LogP contribution in [0.1, 0.15) is 79.1 Å². The first-order valence-corrected chi connectivity index (χ1v) is 11.3. The Labute approximate surface area is 179 Å². The fourth-order valence-electron chi connectivity index (χ4n) is 3.71. The zero-order valence-electron chi connectivity index (χ0n) is 15.6. The molecule has 0 aliphatic heterocycles. The van der Waals surface area contributed by atoms with Gasteiger partial charge in [-0.25, -0.2) is 0 Å². The minimum absolute atomic E-state index is 0. The normalized spacial score (nSPS) is 18.2. The maximum Gasteiger partial charge on any atom is 0.0882 e. The zero-order chi connectivity index (χ0) is 17.0. The van der Waals surface area contributed by atoms with Gasteiger partial charge in [0, 0.05) is 49.1 Å². The van der Waals surface area contributed by atoms with Gasteiger partial charge >= 0.3 is 0 Å². The van der Waals surface area contributed by atoms with Crippen LogP contribution in [0.2, 0.25) is 0 Å². The van der Waals surface area contributed by atoms with Gasteiger partial charge in [0.25, 0.3) is 0 Å². The van der Waals surface area contributed by atoms with Crippen LogP contribution in [-0.4, -0.2) is 9.52 Å². The Morgan fingerprint density at radius 1 is 0.792 bits per heavy atom. The van der Waals surface area contributed by atoms with Crippen LogP contribution >= 0.6 is 23.2 Å². The average molecular weight is 461 g/mol. The summed E-state index contributed by atoms with van der Waals surface area (Å²) in [7, 11) is -0.470. The van der Waals surface area contributed by atoms with Gasteiger partial charge in [-0.05, 0) is 50.7 Å². The predicted octanol–water partition coefficient (Wildman–Crippen LogP) is 6.87. The van der Waals surface area contributed by atoms with Crippen molar-refractivity contribution >= 4 is 32.7 Å². The zero-order valence-corrected chi connectivity index (χ0v) is 21.0. The molecule has 2 aliphatic rings. The summed E-state index contributed by atoms with van der Waals surface area (Å²) in [6.45, 7) is 9.08. The van der Waals surface area contributed by atoms with Gasteiger partial charge in [0.2, 0.25) is 0 Å². The van der Waals surface area contributed by atoms with Gasteiger partial charge < -0.3 is 0 Å². The van der Waals surface area contributed by atoms with Crippen LogP contribution in [0.5, 0.6) is 0 Å². The third-order valence-electron chi connectivity index (χ3n) is 5.17. The summed E-state index contributed by atoms with van der Waals surface area (Å²) in [5.41, 5.74) is 6.00. The molecule has 0 aromatic carbocycles. The standard InChI is InChI=1S/C20H30Cl2Si.Zr/c1-5-7-9-15-17(21)11-13(3)19(15)23-20-14(4)12-18(22)16(20)10-8-6-2;/h5-12,23H2,1-4H3;. The van der Waals surface area contributed by atoms with Crippen molar-refractivity contribution in [3.8, 4) is 0 Å². The maximum atomic E-state index is 6.58. The molecule has 0 saturated carbocycles. The Morgan fingerprint density at radius 3 is 1.50 bits per heavy atom. The molecule has 132 valence electrons. The van der Waals surface area contributed by atoms with Crippen molar-refractivity contribution in [2.24, 2.45) is 0 Å². The summed E-state index contributed by atoms with van der Waals surface area (Å²) < 4.78 is 0. The smallest absolute Gasteiger partial charge is 0.0882 e. The topological polar surface area (TPSA) is 0 Å². The Bertz CT molecular complexity index is 545. The fourth-order valence-corrected chi connectivity index (χ4v) is 7.16. The van der Waals surface area contributed by atoms with E-state index in [1.807, 2.05) is 0 Å². The van der Waals surface area contributed by atoms with E-state index in [-0.39, 0.29) is 26.2 Å². The first-order chi connectivity index (χ1) is 11.0. The molecule has 0 amide bonds. The molecule has 0 heterocycles. The van der Waals surface area contributed by atoms with E-state index in [0.29, 0.717) is 0 Å². The second-order valence-corrected chi connectivity index (χ2v) is 9.70. The van der Waals surface area contributed by atoms with Crippen molar-refractivity contribution in [1.82, 2.24) is 0 Å². The number of hydrogen-bond donors (Lipinski definition) is 0. The van der Waals surface area contributed by atoms with Gasteiger partial charge in [0.05, 0.1) is 9.52 Å². The molecule has 24 heavy (non-hydrogen) atoms. The van der Waals surface area contributed by atoms with Crippen LogP contribution < -0.4 is 0 Å². The summed E-state index contributed by atoms with van der Waals surface area (Å²) in [5, 5.41) is 5.50. The minimum Gasteiger partial charge on any atom is -0.0885 e. The van der Waals surface area contributed by atoms with E-state index >= 15 is 0 Å². The first kappa shape index (κ1) is 22.7. The van der Waals surface area contributed by atoms with Crippen molar-refractivity contribution in [1.29, 1.82) is 0 Å². The second kappa shape index (κ2) is 10.7. The predicted molar refractivity (Wildman–Crippen MR) is 108 cm³/mol. The van der Waals surface area contributed by atoms with Gasteiger partial charge in [-0.2, -0.15) is 0 Å². The Hall–Kier alpha value is 0.640. The van der Waals surface area contributed by atoms with Crippen LogP contribution in [0, 0.1) is 0 Å². The van der Waals surface area contributed by atoms with Crippen LogP contribution in [0.25, 0.3) is 0 Å². The molecule has 0 unspecified atom stereocenters. The molecule has 0 aromatic rings. The molecule has 0 radical (unpaired) electrons. The average Bonchev–Trinajstić information content (AvgIpc) is 2.92. The van der Waals surface area contributed by atoms with Gasteiger partial charge in [0.15, 0.2) is 0 Å². The molecule has 0 bridgehead atoms. The number of hydrogen-bond acceptors (Lipinski definition) is 0. The SMILES string of the molecule is CCCCC1=C(Cl)CC(C)=C1[SiH2]C1=C(C)CC(Cl)=C1CCCC.[Zr]. The molecule has 2 aliphatic carbocycles. The Balaban J connectivity index is 0.00000288. The molecular weight excluding hydrogens is 430 g/mol. The van der Waals surface area contributed by atoms with Gasteiger partial charge in [-0.1, -0.05) is 71.4 Å². The number of halogens is 2. The van der Waals surface area contributed by atoms with Crippen LogP contribution in [-0.2, 0) is 26.2 Å². The van der Waals surface area contributed by atoms with Crippen molar-refractivity contribution in [2.75, 3.05) is 0 Å². The number of allylic oxidation sites excluding steroid dienone is 8. The summed E-state index contributed by atoms with van der Waals surface area (Å²) in [5.74, 6) is 0. The Morgan fingerprint density at radius 2 is 1.17 bits per heavy atom. The first-order valence-electron chi connectivity index (χ1n) is 9.12. The van der Waals surface area contributed by atoms with Gasteiger partial charge in [-0.15, -0.1) is 0 Å². The van der Waals surface area contributed by atoms with E-state index in [9.17, 15) is 0 Å². The van der Waals surface area contributed by atoms with Crippen molar-refractivity contribution < 1.29 is 26.2 Å². The molecule has 0 nitrogen and oxygen atoms in total. The molecule has 2 rings (SSSR count). The van der Waals surface area contributed by atoms with Crippen molar-refractivity contribution in [2.45, 2.75) is 79.1 Å². The second-order valence-electron chi connectivity index (χ2n) is 7.02. The summed E-state index contributed by atoms with van der Waals surface area (Å²) in [6, 6.07) is 0. The van der Waals surface area contributed by atoms with Crippen molar-refractivity contribution in [3.05, 3.63) is 42.7 Å². The molecular formula is C20H30Cl2SiZr. The number of unbranched alkanes of at least 4 members (excludes halogenated alkanes) is 2. The molecule has 0 saturated heterocycles. The third-order valence-corrected chi connectivity index (χ3v) is 8.66. The van der Waals surface area contributed by atoms with E-state index in [1.54, 1.807) is 10.4 Å². The van der Waals surface area contributed by atoms with E-state index < -0.39 is 9.52 Å². The Kier molecular flexibility index (Phi) is 10.1. The van der Waals surface area contributed by atoms with Gasteiger partial charge in [0.1, 0.15) is 0 Å². The molecule has 0 fully saturated rings. The molecule has 0 spiro atoms. The van der Waals surface area contributed by atoms with Crippen LogP contribution in [0.4, 0.5) is 0 Å². The van der Waals surface area contributed by atoms with Gasteiger partial charge in [-0.3, -0.25) is 0 Å². The van der Waals surface area contributed by atoms with E-state index in [1.165, 1.54) is 48.0 Å². The summed E-state index contributed by atoms with van der Waals surface area (Å²) in [4.78, 5) is 0. The molecule has 4 heteroatoms. The molecule has 0 atom stereocenters. The minimum atomic E-state index is -0.470. The van der Waals surface area contributed by atoms with E-state index in [2.05, 4.69) is 27.7 Å². The maximum absolute atomic E-state index is 6.58. The molecule has 0 N–H and O–H groups in total. The van der Waals surface area contributed by atoms with Crippen molar-refractivity contribution in [3.63, 3.8) is 0 Å². The summed E-state index contributed by atoms with van der Waals surface area (Å²) >= 11 is 13.2.